The Morgan fingerprint density at radius 1 is 1.28 bits per heavy atom. The Kier molecular flexibility index (Phi) is 2.66. The fraction of sp³-hybridized carbons (Fsp3) is 0.333. The van der Waals surface area contributed by atoms with Crippen LogP contribution in [0.2, 0.25) is 0 Å². The molecule has 6 heteroatoms. The van der Waals surface area contributed by atoms with Crippen LogP contribution in [0.1, 0.15) is 21.2 Å². The predicted octanol–water partition coefficient (Wildman–Crippen LogP) is 1.51. The molecule has 0 aromatic heterocycles. The summed E-state index contributed by atoms with van der Waals surface area (Å²) in [4.78, 5) is 23.0. The summed E-state index contributed by atoms with van der Waals surface area (Å²) in [6, 6.07) is 3.22. The predicted molar refractivity (Wildman–Crippen MR) is 64.6 cm³/mol. The minimum Gasteiger partial charge on any atom is -0.486 e. The molecule has 2 aliphatic heterocycles. The summed E-state index contributed by atoms with van der Waals surface area (Å²) in [7, 11) is 0. The van der Waals surface area contributed by atoms with Crippen LogP contribution < -0.4 is 9.47 Å². The monoisotopic (exact) mass is 266 g/mol. The Labute approximate surface area is 107 Å². The third-order valence-corrected chi connectivity index (χ3v) is 4.12. The minimum atomic E-state index is -0.939. The largest absolute Gasteiger partial charge is 0.486 e. The van der Waals surface area contributed by atoms with Crippen LogP contribution in [0.15, 0.2) is 12.1 Å². The minimum absolute atomic E-state index is 0.0653. The molecule has 0 fully saturated rings. The van der Waals surface area contributed by atoms with Gasteiger partial charge in [-0.25, -0.2) is 0 Å². The molecule has 0 spiro atoms. The lowest BCUT2D eigenvalue weighted by molar-refractivity contribution is -0.136. The molecule has 0 saturated heterocycles. The molecule has 0 amide bonds. The summed E-state index contributed by atoms with van der Waals surface area (Å²) in [6.07, 6.45) is 0. The topological polar surface area (TPSA) is 72.8 Å². The van der Waals surface area contributed by atoms with Crippen molar-refractivity contribution in [3.8, 4) is 11.5 Å². The van der Waals surface area contributed by atoms with Gasteiger partial charge in [-0.05, 0) is 17.7 Å². The molecule has 0 aliphatic carbocycles. The number of aliphatic carboxylic acids is 1. The fourth-order valence-corrected chi connectivity index (χ4v) is 3.08. The van der Waals surface area contributed by atoms with E-state index >= 15 is 0 Å². The highest BCUT2D eigenvalue weighted by Crippen LogP contribution is 2.42. The molecule has 0 saturated carbocycles. The first-order chi connectivity index (χ1) is 8.66. The molecule has 1 aromatic carbocycles. The van der Waals surface area contributed by atoms with Gasteiger partial charge in [-0.3, -0.25) is 9.59 Å². The fourth-order valence-electron chi connectivity index (χ4n) is 2.09. The normalized spacial score (nSPS) is 21.3. The van der Waals surface area contributed by atoms with Crippen LogP contribution >= 0.6 is 11.8 Å². The van der Waals surface area contributed by atoms with Crippen LogP contribution in [-0.2, 0) is 4.79 Å². The highest BCUT2D eigenvalue weighted by Gasteiger charge is 2.33. The SMILES string of the molecule is O=C1CSC(C(=O)O)c2cc3c(cc21)OCCO3. The van der Waals surface area contributed by atoms with Crippen molar-refractivity contribution in [2.75, 3.05) is 19.0 Å². The quantitative estimate of drug-likeness (QED) is 0.830. The maximum absolute atomic E-state index is 11.8. The van der Waals surface area contributed by atoms with Crippen molar-refractivity contribution in [1.29, 1.82) is 0 Å². The molecule has 0 radical (unpaired) electrons. The standard InChI is InChI=1S/C12H10O5S/c13-8-5-18-11(12(14)15)7-4-10-9(3-6(7)8)16-1-2-17-10/h3-4,11H,1-2,5H2,(H,14,15). The number of carbonyl (C=O) groups excluding carboxylic acids is 1. The molecule has 18 heavy (non-hydrogen) atoms. The molecule has 2 heterocycles. The van der Waals surface area contributed by atoms with Crippen molar-refractivity contribution in [2.24, 2.45) is 0 Å². The van der Waals surface area contributed by atoms with Crippen molar-refractivity contribution < 1.29 is 24.2 Å². The van der Waals surface area contributed by atoms with E-state index in [4.69, 9.17) is 9.47 Å². The summed E-state index contributed by atoms with van der Waals surface area (Å²) < 4.78 is 10.8. The van der Waals surface area contributed by atoms with Gasteiger partial charge in [0, 0.05) is 5.56 Å². The average Bonchev–Trinajstić information content (AvgIpc) is 2.37. The van der Waals surface area contributed by atoms with E-state index in [2.05, 4.69) is 0 Å². The molecular formula is C12H10O5S. The van der Waals surface area contributed by atoms with Crippen LogP contribution in [0.5, 0.6) is 11.5 Å². The van der Waals surface area contributed by atoms with E-state index in [9.17, 15) is 14.7 Å². The molecule has 3 rings (SSSR count). The number of hydrogen-bond acceptors (Lipinski definition) is 5. The van der Waals surface area contributed by atoms with E-state index in [1.54, 1.807) is 12.1 Å². The molecule has 1 atom stereocenters. The average molecular weight is 266 g/mol. The molecular weight excluding hydrogens is 256 g/mol. The molecule has 0 bridgehead atoms. The first-order valence-electron chi connectivity index (χ1n) is 5.48. The van der Waals surface area contributed by atoms with Gasteiger partial charge in [-0.1, -0.05) is 0 Å². The van der Waals surface area contributed by atoms with Crippen molar-refractivity contribution in [3.05, 3.63) is 23.3 Å². The molecule has 94 valence electrons. The Morgan fingerprint density at radius 3 is 2.61 bits per heavy atom. The lowest BCUT2D eigenvalue weighted by atomic mass is 9.99. The third-order valence-electron chi connectivity index (χ3n) is 2.90. The number of ether oxygens (including phenoxy) is 2. The van der Waals surface area contributed by atoms with E-state index in [-0.39, 0.29) is 11.5 Å². The zero-order chi connectivity index (χ0) is 12.7. The third kappa shape index (κ3) is 1.73. The Hall–Kier alpha value is -1.69. The van der Waals surface area contributed by atoms with Gasteiger partial charge in [-0.15, -0.1) is 11.8 Å². The number of carboxylic acid groups (broad SMARTS) is 1. The highest BCUT2D eigenvalue weighted by molar-refractivity contribution is 8.01. The van der Waals surface area contributed by atoms with Crippen LogP contribution in [0.3, 0.4) is 0 Å². The Balaban J connectivity index is 2.14. The molecule has 5 nitrogen and oxygen atoms in total. The maximum atomic E-state index is 11.8. The summed E-state index contributed by atoms with van der Waals surface area (Å²) in [5.41, 5.74) is 0.943. The first kappa shape index (κ1) is 11.4. The van der Waals surface area contributed by atoms with Gasteiger partial charge >= 0.3 is 5.97 Å². The zero-order valence-corrected chi connectivity index (χ0v) is 10.2. The van der Waals surface area contributed by atoms with Gasteiger partial charge in [0.2, 0.25) is 0 Å². The highest BCUT2D eigenvalue weighted by atomic mass is 32.2. The van der Waals surface area contributed by atoms with Gasteiger partial charge in [0.25, 0.3) is 0 Å². The number of ketones is 1. The number of rotatable bonds is 1. The summed E-state index contributed by atoms with van der Waals surface area (Å²) in [6.45, 7) is 0.877. The van der Waals surface area contributed by atoms with E-state index in [0.717, 1.165) is 11.8 Å². The van der Waals surface area contributed by atoms with Gasteiger partial charge in [0.15, 0.2) is 17.3 Å². The van der Waals surface area contributed by atoms with Gasteiger partial charge < -0.3 is 14.6 Å². The summed E-state index contributed by atoms with van der Waals surface area (Å²) in [5.74, 6) is 0.213. The lowest BCUT2D eigenvalue weighted by Gasteiger charge is -2.25. The number of carboxylic acids is 1. The number of hydrogen-bond donors (Lipinski definition) is 1. The smallest absolute Gasteiger partial charge is 0.321 e. The van der Waals surface area contributed by atoms with Crippen LogP contribution in [0.4, 0.5) is 0 Å². The summed E-state index contributed by atoms with van der Waals surface area (Å²) >= 11 is 1.13. The molecule has 2 aliphatic rings. The van der Waals surface area contributed by atoms with E-state index < -0.39 is 11.2 Å². The van der Waals surface area contributed by atoms with Crippen LogP contribution in [0.25, 0.3) is 0 Å². The summed E-state index contributed by atoms with van der Waals surface area (Å²) in [5, 5.41) is 8.46. The number of fused-ring (bicyclic) bond motifs is 2. The van der Waals surface area contributed by atoms with Crippen molar-refractivity contribution in [2.45, 2.75) is 5.25 Å². The Bertz CT molecular complexity index is 540. The number of benzene rings is 1. The van der Waals surface area contributed by atoms with Gasteiger partial charge in [0.1, 0.15) is 18.5 Å². The van der Waals surface area contributed by atoms with E-state index in [1.807, 2.05) is 0 Å². The van der Waals surface area contributed by atoms with Gasteiger partial charge in [0.05, 0.1) is 5.75 Å². The van der Waals surface area contributed by atoms with Gasteiger partial charge in [-0.2, -0.15) is 0 Å². The van der Waals surface area contributed by atoms with Crippen molar-refractivity contribution in [3.63, 3.8) is 0 Å². The second-order valence-electron chi connectivity index (χ2n) is 4.04. The van der Waals surface area contributed by atoms with Crippen LogP contribution in [0, 0.1) is 0 Å². The number of carbonyl (C=O) groups is 2. The Morgan fingerprint density at radius 2 is 1.94 bits per heavy atom. The molecule has 1 aromatic rings. The maximum Gasteiger partial charge on any atom is 0.321 e. The van der Waals surface area contributed by atoms with Crippen LogP contribution in [-0.4, -0.2) is 35.8 Å². The second-order valence-corrected chi connectivity index (χ2v) is 5.13. The lowest BCUT2D eigenvalue weighted by Crippen LogP contribution is -2.23. The molecule has 1 unspecified atom stereocenters. The second kappa shape index (κ2) is 4.20. The zero-order valence-electron chi connectivity index (χ0n) is 9.34. The van der Waals surface area contributed by atoms with Crippen molar-refractivity contribution >= 4 is 23.5 Å². The first-order valence-corrected chi connectivity index (χ1v) is 6.53. The van der Waals surface area contributed by atoms with E-state index in [1.165, 1.54) is 0 Å². The number of thioether (sulfide) groups is 1. The number of Topliss-reactive ketones (excluding diaryl/α,β-unsaturated/α-hetero) is 1. The van der Waals surface area contributed by atoms with Crippen molar-refractivity contribution in [1.82, 2.24) is 0 Å². The van der Waals surface area contributed by atoms with E-state index in [0.29, 0.717) is 35.8 Å². The molecule has 1 N–H and O–H groups in total.